The van der Waals surface area contributed by atoms with Crippen LogP contribution in [-0.2, 0) is 0 Å². The fourth-order valence-corrected chi connectivity index (χ4v) is 3.05. The monoisotopic (exact) mass is 341 g/mol. The van der Waals surface area contributed by atoms with E-state index in [9.17, 15) is 14.9 Å². The molecular formula is C13H16BrN3O3. The van der Waals surface area contributed by atoms with Gasteiger partial charge in [-0.15, -0.1) is 0 Å². The van der Waals surface area contributed by atoms with Crippen LogP contribution in [-0.4, -0.2) is 23.4 Å². The number of carbonyl (C=O) groups is 1. The van der Waals surface area contributed by atoms with Crippen LogP contribution in [0.4, 0.5) is 5.69 Å². The van der Waals surface area contributed by atoms with Gasteiger partial charge >= 0.3 is 0 Å². The minimum atomic E-state index is -0.514. The van der Waals surface area contributed by atoms with Crippen LogP contribution in [0.1, 0.15) is 29.6 Å². The zero-order valence-electron chi connectivity index (χ0n) is 10.8. The molecule has 0 bridgehead atoms. The number of non-ortho nitro benzene ring substituents is 1. The topological polar surface area (TPSA) is 98.3 Å². The Morgan fingerprint density at radius 3 is 2.85 bits per heavy atom. The van der Waals surface area contributed by atoms with E-state index in [0.717, 1.165) is 19.3 Å². The van der Waals surface area contributed by atoms with E-state index in [1.54, 1.807) is 6.07 Å². The van der Waals surface area contributed by atoms with Gasteiger partial charge < -0.3 is 11.1 Å². The van der Waals surface area contributed by atoms with Crippen molar-refractivity contribution in [3.05, 3.63) is 38.3 Å². The number of amides is 1. The van der Waals surface area contributed by atoms with Gasteiger partial charge in [-0.25, -0.2) is 0 Å². The standard InChI is InChI=1S/C13H16BrN3O3/c14-10-4-9(5-11(6-10)17(19)20)13(18)16-12-3-1-2-8(12)7-15/h4-6,8,12H,1-3,7,15H2,(H,16,18). The van der Waals surface area contributed by atoms with Gasteiger partial charge in [0, 0.05) is 28.2 Å². The summed E-state index contributed by atoms with van der Waals surface area (Å²) in [4.78, 5) is 22.5. The second-order valence-electron chi connectivity index (χ2n) is 4.96. The SMILES string of the molecule is NCC1CCCC1NC(=O)c1cc(Br)cc([N+](=O)[O-])c1. The van der Waals surface area contributed by atoms with E-state index in [4.69, 9.17) is 5.73 Å². The second kappa shape index (κ2) is 6.32. The molecule has 1 aromatic carbocycles. The highest BCUT2D eigenvalue weighted by atomic mass is 79.9. The van der Waals surface area contributed by atoms with Gasteiger partial charge in [-0.3, -0.25) is 14.9 Å². The first-order valence-corrected chi connectivity index (χ1v) is 7.26. The predicted octanol–water partition coefficient (Wildman–Crippen LogP) is 2.21. The molecule has 2 rings (SSSR count). The molecule has 1 fully saturated rings. The molecule has 1 amide bonds. The molecule has 0 aliphatic heterocycles. The maximum absolute atomic E-state index is 12.2. The van der Waals surface area contributed by atoms with Crippen molar-refractivity contribution in [3.63, 3.8) is 0 Å². The highest BCUT2D eigenvalue weighted by Crippen LogP contribution is 2.26. The molecule has 108 valence electrons. The van der Waals surface area contributed by atoms with Crippen LogP contribution in [0, 0.1) is 16.0 Å². The minimum Gasteiger partial charge on any atom is -0.349 e. The van der Waals surface area contributed by atoms with Crippen molar-refractivity contribution in [2.24, 2.45) is 11.7 Å². The summed E-state index contributed by atoms with van der Waals surface area (Å²) in [5.41, 5.74) is 5.86. The summed E-state index contributed by atoms with van der Waals surface area (Å²) in [6.45, 7) is 0.545. The van der Waals surface area contributed by atoms with Crippen molar-refractivity contribution in [1.82, 2.24) is 5.32 Å². The Bertz CT molecular complexity index is 536. The molecule has 6 nitrogen and oxygen atoms in total. The van der Waals surface area contributed by atoms with Crippen molar-refractivity contribution in [2.75, 3.05) is 6.54 Å². The van der Waals surface area contributed by atoms with E-state index in [0.29, 0.717) is 16.9 Å². The number of carbonyl (C=O) groups excluding carboxylic acids is 1. The van der Waals surface area contributed by atoms with Crippen LogP contribution < -0.4 is 11.1 Å². The maximum atomic E-state index is 12.2. The summed E-state index contributed by atoms with van der Waals surface area (Å²) in [6.07, 6.45) is 2.97. The van der Waals surface area contributed by atoms with Crippen molar-refractivity contribution >= 4 is 27.5 Å². The Hall–Kier alpha value is -1.47. The highest BCUT2D eigenvalue weighted by molar-refractivity contribution is 9.10. The summed E-state index contributed by atoms with van der Waals surface area (Å²) in [5.74, 6) is 0.000777. The molecule has 1 saturated carbocycles. The van der Waals surface area contributed by atoms with Gasteiger partial charge in [0.25, 0.3) is 11.6 Å². The number of halogens is 1. The average molecular weight is 342 g/mol. The number of nitro groups is 1. The lowest BCUT2D eigenvalue weighted by Gasteiger charge is -2.19. The Morgan fingerprint density at radius 2 is 2.20 bits per heavy atom. The lowest BCUT2D eigenvalue weighted by atomic mass is 10.0. The van der Waals surface area contributed by atoms with Crippen LogP contribution >= 0.6 is 15.9 Å². The van der Waals surface area contributed by atoms with Crippen LogP contribution in [0.5, 0.6) is 0 Å². The smallest absolute Gasteiger partial charge is 0.271 e. The number of nitro benzene ring substituents is 1. The zero-order valence-corrected chi connectivity index (χ0v) is 12.4. The molecule has 2 atom stereocenters. The fraction of sp³-hybridized carbons (Fsp3) is 0.462. The summed E-state index contributed by atoms with van der Waals surface area (Å²) in [7, 11) is 0. The van der Waals surface area contributed by atoms with Crippen molar-refractivity contribution in [1.29, 1.82) is 0 Å². The quantitative estimate of drug-likeness (QED) is 0.647. The molecule has 3 N–H and O–H groups in total. The molecule has 1 aliphatic rings. The van der Waals surface area contributed by atoms with E-state index in [2.05, 4.69) is 21.2 Å². The van der Waals surface area contributed by atoms with Crippen LogP contribution in [0.2, 0.25) is 0 Å². The summed E-state index contributed by atoms with van der Waals surface area (Å²) >= 11 is 3.18. The lowest BCUT2D eigenvalue weighted by molar-refractivity contribution is -0.385. The van der Waals surface area contributed by atoms with E-state index < -0.39 is 4.92 Å². The predicted molar refractivity (Wildman–Crippen MR) is 78.4 cm³/mol. The van der Waals surface area contributed by atoms with Gasteiger partial charge in [0.15, 0.2) is 0 Å². The van der Waals surface area contributed by atoms with Crippen molar-refractivity contribution in [2.45, 2.75) is 25.3 Å². The third-order valence-electron chi connectivity index (χ3n) is 3.63. The molecule has 1 aromatic rings. The zero-order chi connectivity index (χ0) is 14.7. The molecule has 0 heterocycles. The number of hydrogen-bond donors (Lipinski definition) is 2. The van der Waals surface area contributed by atoms with Gasteiger partial charge in [0.1, 0.15) is 0 Å². The van der Waals surface area contributed by atoms with Gasteiger partial charge in [-0.05, 0) is 31.4 Å². The molecule has 0 aromatic heterocycles. The second-order valence-corrected chi connectivity index (χ2v) is 5.88. The molecule has 7 heteroatoms. The molecule has 0 saturated heterocycles. The third-order valence-corrected chi connectivity index (χ3v) is 4.09. The number of nitrogens with two attached hydrogens (primary N) is 1. The van der Waals surface area contributed by atoms with Crippen LogP contribution in [0.15, 0.2) is 22.7 Å². The molecule has 0 radical (unpaired) electrons. The molecular weight excluding hydrogens is 326 g/mol. The number of hydrogen-bond acceptors (Lipinski definition) is 4. The molecule has 2 unspecified atom stereocenters. The number of nitrogens with zero attached hydrogens (tertiary/aromatic N) is 1. The summed E-state index contributed by atoms with van der Waals surface area (Å²) in [5, 5.41) is 13.7. The Morgan fingerprint density at radius 1 is 1.45 bits per heavy atom. The van der Waals surface area contributed by atoms with Crippen LogP contribution in [0.25, 0.3) is 0 Å². The Balaban J connectivity index is 2.15. The van der Waals surface area contributed by atoms with Gasteiger partial charge in [-0.2, -0.15) is 0 Å². The van der Waals surface area contributed by atoms with E-state index in [-0.39, 0.29) is 23.2 Å². The van der Waals surface area contributed by atoms with Crippen LogP contribution in [0.3, 0.4) is 0 Å². The maximum Gasteiger partial charge on any atom is 0.271 e. The highest BCUT2D eigenvalue weighted by Gasteiger charge is 2.28. The molecule has 1 aliphatic carbocycles. The van der Waals surface area contributed by atoms with E-state index in [1.807, 2.05) is 0 Å². The number of rotatable bonds is 4. The van der Waals surface area contributed by atoms with Gasteiger partial charge in [-0.1, -0.05) is 22.4 Å². The lowest BCUT2D eigenvalue weighted by Crippen LogP contribution is -2.39. The fourth-order valence-electron chi connectivity index (χ4n) is 2.57. The normalized spacial score (nSPS) is 21.7. The Labute approximate surface area is 125 Å². The first-order valence-electron chi connectivity index (χ1n) is 6.47. The average Bonchev–Trinajstić information content (AvgIpc) is 2.85. The Kier molecular flexibility index (Phi) is 4.72. The minimum absolute atomic E-state index is 0.0607. The van der Waals surface area contributed by atoms with Crippen molar-refractivity contribution in [3.8, 4) is 0 Å². The molecule has 0 spiro atoms. The molecule has 20 heavy (non-hydrogen) atoms. The largest absolute Gasteiger partial charge is 0.349 e. The van der Waals surface area contributed by atoms with Gasteiger partial charge in [0.2, 0.25) is 0 Å². The third kappa shape index (κ3) is 3.34. The van der Waals surface area contributed by atoms with Gasteiger partial charge in [0.05, 0.1) is 4.92 Å². The number of benzene rings is 1. The summed E-state index contributed by atoms with van der Waals surface area (Å²) in [6, 6.07) is 4.29. The first kappa shape index (κ1) is 14.9. The van der Waals surface area contributed by atoms with Crippen molar-refractivity contribution < 1.29 is 9.72 Å². The number of nitrogens with one attached hydrogen (secondary N) is 1. The van der Waals surface area contributed by atoms with E-state index >= 15 is 0 Å². The summed E-state index contributed by atoms with van der Waals surface area (Å²) < 4.78 is 0.513. The van der Waals surface area contributed by atoms with E-state index in [1.165, 1.54) is 12.1 Å². The first-order chi connectivity index (χ1) is 9.51.